The van der Waals surface area contributed by atoms with E-state index >= 15 is 0 Å². The molecule has 3 aliphatic rings. The molecule has 3 nitrogen and oxygen atoms in total. The summed E-state index contributed by atoms with van der Waals surface area (Å²) in [6.07, 6.45) is 12.4. The number of hydrogen-bond donors (Lipinski definition) is 3. The van der Waals surface area contributed by atoms with Crippen molar-refractivity contribution in [2.24, 2.45) is 17.3 Å². The van der Waals surface area contributed by atoms with Crippen molar-refractivity contribution in [3.05, 3.63) is 29.3 Å². The SMILES string of the molecule is C[C@]12CC[C@H]3c4ccc(O)cc4CC[C@@H]3[C@@H]1CC[C@@H]2NCCCCCCO. The smallest absolute Gasteiger partial charge is 0.115 e. The molecule has 150 valence electrons. The molecule has 0 spiro atoms. The zero-order valence-corrected chi connectivity index (χ0v) is 16.9. The molecule has 27 heavy (non-hydrogen) atoms. The lowest BCUT2D eigenvalue weighted by atomic mass is 9.55. The second-order valence-corrected chi connectivity index (χ2v) is 9.57. The van der Waals surface area contributed by atoms with Crippen LogP contribution in [0.25, 0.3) is 0 Å². The minimum atomic E-state index is 0.334. The van der Waals surface area contributed by atoms with Crippen LogP contribution in [0.3, 0.4) is 0 Å². The Balaban J connectivity index is 1.39. The molecule has 0 bridgehead atoms. The molecule has 0 saturated heterocycles. The summed E-state index contributed by atoms with van der Waals surface area (Å²) in [5, 5.41) is 22.7. The number of benzene rings is 1. The summed E-state index contributed by atoms with van der Waals surface area (Å²) in [4.78, 5) is 0. The highest BCUT2D eigenvalue weighted by molar-refractivity contribution is 5.40. The average Bonchev–Trinajstić information content (AvgIpc) is 3.00. The molecule has 4 rings (SSSR count). The highest BCUT2D eigenvalue weighted by Crippen LogP contribution is 2.60. The van der Waals surface area contributed by atoms with E-state index in [0.29, 0.717) is 29.7 Å². The molecule has 1 aromatic rings. The number of phenolic OH excluding ortho intramolecular Hbond substituents is 1. The van der Waals surface area contributed by atoms with E-state index < -0.39 is 0 Å². The first-order valence-corrected chi connectivity index (χ1v) is 11.3. The molecular formula is C24H37NO2. The van der Waals surface area contributed by atoms with Gasteiger partial charge in [-0.15, -0.1) is 0 Å². The number of aryl methyl sites for hydroxylation is 1. The van der Waals surface area contributed by atoms with Crippen molar-refractivity contribution in [3.63, 3.8) is 0 Å². The molecule has 3 N–H and O–H groups in total. The van der Waals surface area contributed by atoms with Gasteiger partial charge >= 0.3 is 0 Å². The monoisotopic (exact) mass is 371 g/mol. The Labute approximate surface area is 164 Å². The van der Waals surface area contributed by atoms with Crippen LogP contribution in [0.1, 0.15) is 81.8 Å². The molecule has 3 heteroatoms. The fourth-order valence-electron chi connectivity index (χ4n) is 6.77. The lowest BCUT2D eigenvalue weighted by Gasteiger charge is -2.51. The number of unbranched alkanes of at least 4 members (excludes halogenated alkanes) is 3. The van der Waals surface area contributed by atoms with Crippen LogP contribution in [-0.2, 0) is 6.42 Å². The Kier molecular flexibility index (Phi) is 5.80. The molecule has 0 aliphatic heterocycles. The fraction of sp³-hybridized carbons (Fsp3) is 0.750. The first kappa shape index (κ1) is 19.3. The lowest BCUT2D eigenvalue weighted by Crippen LogP contribution is -2.48. The van der Waals surface area contributed by atoms with Crippen LogP contribution in [0.4, 0.5) is 0 Å². The first-order valence-electron chi connectivity index (χ1n) is 11.3. The molecule has 3 aliphatic carbocycles. The van der Waals surface area contributed by atoms with E-state index in [1.165, 1.54) is 56.1 Å². The van der Waals surface area contributed by atoms with Crippen molar-refractivity contribution in [1.82, 2.24) is 5.32 Å². The van der Waals surface area contributed by atoms with Gasteiger partial charge in [-0.2, -0.15) is 0 Å². The Morgan fingerprint density at radius 2 is 1.93 bits per heavy atom. The molecule has 0 unspecified atom stereocenters. The van der Waals surface area contributed by atoms with Gasteiger partial charge in [-0.05, 0) is 104 Å². The van der Waals surface area contributed by atoms with E-state index in [0.717, 1.165) is 37.6 Å². The average molecular weight is 372 g/mol. The standard InChI is InChI=1S/C24H37NO2/c1-24-13-12-20-19-9-7-18(27)16-17(19)6-8-21(20)22(24)10-11-23(24)25-14-4-2-3-5-15-26/h7,9,16,20-23,25-27H,2-6,8,10-15H2,1H3/t20-,21-,22-,23-,24-/m0/s1. The maximum absolute atomic E-state index is 9.84. The molecule has 2 fully saturated rings. The van der Waals surface area contributed by atoms with E-state index in [1.807, 2.05) is 12.1 Å². The van der Waals surface area contributed by atoms with Gasteiger partial charge in [0.25, 0.3) is 0 Å². The number of aliphatic hydroxyl groups excluding tert-OH is 1. The highest BCUT2D eigenvalue weighted by Gasteiger charge is 2.54. The highest BCUT2D eigenvalue weighted by atomic mass is 16.3. The third-order valence-corrected chi connectivity index (χ3v) is 8.19. The lowest BCUT2D eigenvalue weighted by molar-refractivity contribution is 0.0412. The van der Waals surface area contributed by atoms with Gasteiger partial charge in [0.05, 0.1) is 0 Å². The van der Waals surface area contributed by atoms with Crippen molar-refractivity contribution < 1.29 is 10.2 Å². The van der Waals surface area contributed by atoms with E-state index in [2.05, 4.69) is 18.3 Å². The number of fused-ring (bicyclic) bond motifs is 5. The molecule has 0 amide bonds. The van der Waals surface area contributed by atoms with Gasteiger partial charge in [0.15, 0.2) is 0 Å². The molecule has 1 aromatic carbocycles. The summed E-state index contributed by atoms with van der Waals surface area (Å²) < 4.78 is 0. The van der Waals surface area contributed by atoms with E-state index in [-0.39, 0.29) is 0 Å². The minimum Gasteiger partial charge on any atom is -0.508 e. The van der Waals surface area contributed by atoms with Gasteiger partial charge in [-0.1, -0.05) is 25.8 Å². The predicted molar refractivity (Wildman–Crippen MR) is 110 cm³/mol. The van der Waals surface area contributed by atoms with Crippen LogP contribution >= 0.6 is 0 Å². The van der Waals surface area contributed by atoms with Gasteiger partial charge in [-0.25, -0.2) is 0 Å². The molecule has 0 radical (unpaired) electrons. The number of aromatic hydroxyl groups is 1. The largest absolute Gasteiger partial charge is 0.508 e. The number of aliphatic hydroxyl groups is 1. The van der Waals surface area contributed by atoms with Gasteiger partial charge in [0.1, 0.15) is 5.75 Å². The number of rotatable bonds is 7. The van der Waals surface area contributed by atoms with Crippen LogP contribution in [0.5, 0.6) is 5.75 Å². The van der Waals surface area contributed by atoms with E-state index in [1.54, 1.807) is 0 Å². The Morgan fingerprint density at radius 1 is 1.07 bits per heavy atom. The van der Waals surface area contributed by atoms with Crippen LogP contribution < -0.4 is 5.32 Å². The van der Waals surface area contributed by atoms with Gasteiger partial charge in [0.2, 0.25) is 0 Å². The van der Waals surface area contributed by atoms with Crippen LogP contribution in [0.2, 0.25) is 0 Å². The molecule has 0 aromatic heterocycles. The van der Waals surface area contributed by atoms with Crippen LogP contribution in [0, 0.1) is 17.3 Å². The first-order chi connectivity index (χ1) is 13.1. The number of nitrogens with one attached hydrogen (secondary N) is 1. The predicted octanol–water partition coefficient (Wildman–Crippen LogP) is 4.76. The second kappa shape index (κ2) is 8.13. The van der Waals surface area contributed by atoms with Crippen molar-refractivity contribution in [1.29, 1.82) is 0 Å². The summed E-state index contributed by atoms with van der Waals surface area (Å²) in [7, 11) is 0. The number of hydrogen-bond acceptors (Lipinski definition) is 3. The summed E-state index contributed by atoms with van der Waals surface area (Å²) >= 11 is 0. The zero-order chi connectivity index (χ0) is 18.9. The van der Waals surface area contributed by atoms with E-state index in [4.69, 9.17) is 5.11 Å². The van der Waals surface area contributed by atoms with Crippen molar-refractivity contribution in [3.8, 4) is 5.75 Å². The van der Waals surface area contributed by atoms with Crippen LogP contribution in [-0.4, -0.2) is 29.4 Å². The summed E-state index contributed by atoms with van der Waals surface area (Å²) in [6.45, 7) is 4.03. The summed E-state index contributed by atoms with van der Waals surface area (Å²) in [5.41, 5.74) is 3.39. The maximum Gasteiger partial charge on any atom is 0.115 e. The summed E-state index contributed by atoms with van der Waals surface area (Å²) in [5.74, 6) is 2.82. The fourth-order valence-corrected chi connectivity index (χ4v) is 6.77. The molecule has 2 saturated carbocycles. The Hall–Kier alpha value is -1.06. The van der Waals surface area contributed by atoms with Gasteiger partial charge in [0, 0.05) is 12.6 Å². The van der Waals surface area contributed by atoms with Crippen molar-refractivity contribution in [2.45, 2.75) is 83.1 Å². The van der Waals surface area contributed by atoms with Crippen LogP contribution in [0.15, 0.2) is 18.2 Å². The van der Waals surface area contributed by atoms with Gasteiger partial charge < -0.3 is 15.5 Å². The Bertz CT molecular complexity index is 645. The third kappa shape index (κ3) is 3.65. The Morgan fingerprint density at radius 3 is 2.78 bits per heavy atom. The summed E-state index contributed by atoms with van der Waals surface area (Å²) in [6, 6.07) is 6.80. The maximum atomic E-state index is 9.84. The number of phenols is 1. The molecule has 5 atom stereocenters. The second-order valence-electron chi connectivity index (χ2n) is 9.57. The molecule has 0 heterocycles. The van der Waals surface area contributed by atoms with Gasteiger partial charge in [-0.3, -0.25) is 0 Å². The minimum absolute atomic E-state index is 0.334. The normalized spacial score (nSPS) is 34.7. The quantitative estimate of drug-likeness (QED) is 0.606. The van der Waals surface area contributed by atoms with E-state index in [9.17, 15) is 5.11 Å². The molecular weight excluding hydrogens is 334 g/mol. The zero-order valence-electron chi connectivity index (χ0n) is 16.9. The van der Waals surface area contributed by atoms with Crippen molar-refractivity contribution >= 4 is 0 Å². The topological polar surface area (TPSA) is 52.5 Å². The third-order valence-electron chi connectivity index (χ3n) is 8.19. The van der Waals surface area contributed by atoms with Crippen molar-refractivity contribution in [2.75, 3.05) is 13.2 Å².